The van der Waals surface area contributed by atoms with Gasteiger partial charge in [-0.25, -0.2) is 0 Å². The third-order valence-corrected chi connectivity index (χ3v) is 3.09. The van der Waals surface area contributed by atoms with E-state index < -0.39 is 30.0 Å². The molecule has 0 saturated carbocycles. The molecule has 1 amide bonds. The Balaban J connectivity index is 2.01. The van der Waals surface area contributed by atoms with E-state index in [1.165, 1.54) is 25.1 Å². The van der Waals surface area contributed by atoms with E-state index in [2.05, 4.69) is 15.4 Å². The Morgan fingerprint density at radius 1 is 1.39 bits per heavy atom. The number of halogens is 5. The molecule has 0 aliphatic carbocycles. The van der Waals surface area contributed by atoms with Crippen molar-refractivity contribution < 1.29 is 22.7 Å². The van der Waals surface area contributed by atoms with Crippen LogP contribution in [-0.2, 0) is 11.0 Å². The lowest BCUT2D eigenvalue weighted by Gasteiger charge is -2.14. The topological polar surface area (TPSA) is 79.9 Å². The summed E-state index contributed by atoms with van der Waals surface area (Å²) in [6, 6.07) is 4.40. The zero-order valence-electron chi connectivity index (χ0n) is 11.4. The number of carbonyl (C=O) groups excluding carboxylic acids is 1. The van der Waals surface area contributed by atoms with Crippen LogP contribution in [0.3, 0.4) is 0 Å². The number of ether oxygens (including phenoxy) is 1. The Bertz CT molecular complexity index is 721. The summed E-state index contributed by atoms with van der Waals surface area (Å²) in [6.45, 7) is 1.39. The standard InChI is InChI=1S/C12H9Cl2F3N4O2/c1-5(23-8-3-2-6(13)4-7(8)14)9(22)18-11-19-10(20-21-11)12(15,16)17/h2-5H,1H3,(H2,18,19,20,21,22). The Hall–Kier alpha value is -2.00. The molecule has 11 heteroatoms. The fraction of sp³-hybridized carbons (Fsp3) is 0.250. The second kappa shape index (κ2) is 6.63. The van der Waals surface area contributed by atoms with Gasteiger partial charge in [-0.1, -0.05) is 23.2 Å². The van der Waals surface area contributed by atoms with Gasteiger partial charge >= 0.3 is 6.18 Å². The van der Waals surface area contributed by atoms with Gasteiger partial charge in [0.1, 0.15) is 5.75 Å². The number of anilines is 1. The normalized spacial score (nSPS) is 12.8. The Morgan fingerprint density at radius 3 is 2.65 bits per heavy atom. The largest absolute Gasteiger partial charge is 0.479 e. The number of aromatic nitrogens is 3. The number of carbonyl (C=O) groups is 1. The fourth-order valence-electron chi connectivity index (χ4n) is 1.47. The van der Waals surface area contributed by atoms with Crippen LogP contribution < -0.4 is 10.1 Å². The Morgan fingerprint density at radius 2 is 2.09 bits per heavy atom. The summed E-state index contributed by atoms with van der Waals surface area (Å²) in [5.74, 6) is -2.38. The molecule has 2 rings (SSSR count). The van der Waals surface area contributed by atoms with Crippen LogP contribution in [-0.4, -0.2) is 27.2 Å². The van der Waals surface area contributed by atoms with Crippen molar-refractivity contribution in [3.63, 3.8) is 0 Å². The van der Waals surface area contributed by atoms with Crippen LogP contribution in [0.1, 0.15) is 12.7 Å². The summed E-state index contributed by atoms with van der Waals surface area (Å²) >= 11 is 11.6. The molecule has 0 bridgehead atoms. The van der Waals surface area contributed by atoms with Gasteiger partial charge in [-0.2, -0.15) is 18.2 Å². The molecule has 1 atom stereocenters. The molecule has 23 heavy (non-hydrogen) atoms. The highest BCUT2D eigenvalue weighted by Crippen LogP contribution is 2.29. The van der Waals surface area contributed by atoms with E-state index in [1.54, 1.807) is 5.10 Å². The molecule has 0 aliphatic heterocycles. The molecule has 6 nitrogen and oxygen atoms in total. The highest BCUT2D eigenvalue weighted by molar-refractivity contribution is 6.35. The van der Waals surface area contributed by atoms with Crippen LogP contribution >= 0.6 is 23.2 Å². The molecule has 1 aromatic carbocycles. The van der Waals surface area contributed by atoms with Crippen molar-refractivity contribution in [1.29, 1.82) is 0 Å². The predicted molar refractivity (Wildman–Crippen MR) is 76.6 cm³/mol. The monoisotopic (exact) mass is 368 g/mol. The van der Waals surface area contributed by atoms with Crippen LogP contribution in [0.25, 0.3) is 0 Å². The minimum atomic E-state index is -4.69. The van der Waals surface area contributed by atoms with Gasteiger partial charge in [0.25, 0.3) is 5.91 Å². The summed E-state index contributed by atoms with van der Waals surface area (Å²) in [4.78, 5) is 15.0. The second-order valence-electron chi connectivity index (χ2n) is 4.33. The van der Waals surface area contributed by atoms with E-state index in [1.807, 2.05) is 0 Å². The first-order valence-corrected chi connectivity index (χ1v) is 6.84. The molecule has 0 radical (unpaired) electrons. The van der Waals surface area contributed by atoms with Gasteiger partial charge < -0.3 is 4.74 Å². The number of alkyl halides is 3. The van der Waals surface area contributed by atoms with Crippen molar-refractivity contribution in [1.82, 2.24) is 15.2 Å². The minimum absolute atomic E-state index is 0.189. The molecule has 0 fully saturated rings. The molecule has 1 unspecified atom stereocenters. The summed E-state index contributed by atoms with van der Waals surface area (Å²) in [5, 5.41) is 7.61. The smallest absolute Gasteiger partial charge is 0.451 e. The number of hydrogen-bond donors (Lipinski definition) is 2. The number of rotatable bonds is 4. The number of nitrogens with one attached hydrogen (secondary N) is 2. The lowest BCUT2D eigenvalue weighted by molar-refractivity contribution is -0.144. The van der Waals surface area contributed by atoms with Crippen LogP contribution in [0.4, 0.5) is 19.1 Å². The average Bonchev–Trinajstić information content (AvgIpc) is 2.90. The van der Waals surface area contributed by atoms with Crippen LogP contribution in [0.15, 0.2) is 18.2 Å². The lowest BCUT2D eigenvalue weighted by Crippen LogP contribution is -2.30. The first-order chi connectivity index (χ1) is 10.7. The van der Waals surface area contributed by atoms with Gasteiger partial charge in [0.05, 0.1) is 5.02 Å². The number of benzene rings is 1. The molecule has 0 spiro atoms. The van der Waals surface area contributed by atoms with E-state index in [0.717, 1.165) is 0 Å². The van der Waals surface area contributed by atoms with Crippen molar-refractivity contribution in [2.24, 2.45) is 0 Å². The van der Waals surface area contributed by atoms with Gasteiger partial charge in [-0.05, 0) is 25.1 Å². The van der Waals surface area contributed by atoms with Crippen molar-refractivity contribution in [3.8, 4) is 5.75 Å². The first kappa shape index (κ1) is 17.4. The van der Waals surface area contributed by atoms with E-state index in [9.17, 15) is 18.0 Å². The first-order valence-electron chi connectivity index (χ1n) is 6.09. The summed E-state index contributed by atoms with van der Waals surface area (Å²) < 4.78 is 42.4. The van der Waals surface area contributed by atoms with E-state index >= 15 is 0 Å². The molecule has 1 heterocycles. The number of aromatic amines is 1. The lowest BCUT2D eigenvalue weighted by atomic mass is 10.3. The van der Waals surface area contributed by atoms with Gasteiger partial charge in [-0.3, -0.25) is 15.2 Å². The van der Waals surface area contributed by atoms with Crippen molar-refractivity contribution >= 4 is 35.1 Å². The number of H-pyrrole nitrogens is 1. The van der Waals surface area contributed by atoms with Crippen LogP contribution in [0, 0.1) is 0 Å². The fourth-order valence-corrected chi connectivity index (χ4v) is 1.92. The molecule has 2 N–H and O–H groups in total. The number of hydrogen-bond acceptors (Lipinski definition) is 4. The maximum Gasteiger partial charge on any atom is 0.451 e. The zero-order valence-corrected chi connectivity index (χ0v) is 12.9. The van der Waals surface area contributed by atoms with E-state index in [0.29, 0.717) is 5.02 Å². The molecule has 0 aliphatic rings. The summed E-state index contributed by atoms with van der Waals surface area (Å²) in [5.41, 5.74) is 0. The molecular formula is C12H9Cl2F3N4O2. The molecular weight excluding hydrogens is 360 g/mol. The summed E-state index contributed by atoms with van der Waals surface area (Å²) in [6.07, 6.45) is -5.74. The Labute approximate surface area is 137 Å². The second-order valence-corrected chi connectivity index (χ2v) is 5.17. The molecule has 1 aromatic heterocycles. The highest BCUT2D eigenvalue weighted by atomic mass is 35.5. The molecule has 0 saturated heterocycles. The van der Waals surface area contributed by atoms with Gasteiger partial charge in [0.2, 0.25) is 11.8 Å². The van der Waals surface area contributed by atoms with Gasteiger partial charge in [-0.15, -0.1) is 5.10 Å². The third kappa shape index (κ3) is 4.49. The zero-order chi connectivity index (χ0) is 17.2. The highest BCUT2D eigenvalue weighted by Gasteiger charge is 2.35. The Kier molecular flexibility index (Phi) is 5.00. The van der Waals surface area contributed by atoms with Crippen molar-refractivity contribution in [2.75, 3.05) is 5.32 Å². The average molecular weight is 369 g/mol. The predicted octanol–water partition coefficient (Wildman–Crippen LogP) is 3.54. The van der Waals surface area contributed by atoms with Crippen molar-refractivity contribution in [2.45, 2.75) is 19.2 Å². The number of nitrogens with zero attached hydrogens (tertiary/aromatic N) is 2. The quantitative estimate of drug-likeness (QED) is 0.864. The maximum absolute atomic E-state index is 12.4. The van der Waals surface area contributed by atoms with E-state index in [-0.39, 0.29) is 10.8 Å². The summed E-state index contributed by atoms with van der Waals surface area (Å²) in [7, 11) is 0. The maximum atomic E-state index is 12.4. The molecule has 124 valence electrons. The molecule has 2 aromatic rings. The SMILES string of the molecule is CC(Oc1ccc(Cl)cc1Cl)C(=O)Nc1n[nH]c(C(F)(F)F)n1. The van der Waals surface area contributed by atoms with Crippen LogP contribution in [0.5, 0.6) is 5.75 Å². The minimum Gasteiger partial charge on any atom is -0.479 e. The number of amides is 1. The van der Waals surface area contributed by atoms with Crippen molar-refractivity contribution in [3.05, 3.63) is 34.1 Å². The van der Waals surface area contributed by atoms with E-state index in [4.69, 9.17) is 27.9 Å². The van der Waals surface area contributed by atoms with Crippen LogP contribution in [0.2, 0.25) is 10.0 Å². The van der Waals surface area contributed by atoms with Gasteiger partial charge in [0, 0.05) is 5.02 Å². The third-order valence-electron chi connectivity index (χ3n) is 2.56. The van der Waals surface area contributed by atoms with Gasteiger partial charge in [0.15, 0.2) is 6.10 Å².